The van der Waals surface area contributed by atoms with Crippen LogP contribution < -0.4 is 14.8 Å². The molecule has 1 aliphatic rings. The van der Waals surface area contributed by atoms with Crippen LogP contribution in [0.25, 0.3) is 0 Å². The summed E-state index contributed by atoms with van der Waals surface area (Å²) in [6.07, 6.45) is 1.97. The molecule has 5 nitrogen and oxygen atoms in total. The van der Waals surface area contributed by atoms with E-state index in [2.05, 4.69) is 41.3 Å². The average Bonchev–Trinajstić information content (AvgIpc) is 2.96. The van der Waals surface area contributed by atoms with Gasteiger partial charge in [-0.05, 0) is 38.5 Å². The van der Waals surface area contributed by atoms with Crippen molar-refractivity contribution in [2.75, 3.05) is 19.8 Å². The Morgan fingerprint density at radius 3 is 2.50 bits per heavy atom. The molecule has 2 heterocycles. The molecule has 5 heteroatoms. The van der Waals surface area contributed by atoms with Gasteiger partial charge in [0.25, 0.3) is 0 Å². The monoisotopic (exact) mass is 330 g/mol. The van der Waals surface area contributed by atoms with Gasteiger partial charge in [-0.3, -0.25) is 0 Å². The minimum atomic E-state index is 0.247. The summed E-state index contributed by atoms with van der Waals surface area (Å²) in [5, 5.41) is 2.39. The highest BCUT2D eigenvalue weighted by molar-refractivity contribution is 5.50. The highest BCUT2D eigenvalue weighted by Gasteiger charge is 2.30. The summed E-state index contributed by atoms with van der Waals surface area (Å²) in [5.41, 5.74) is 4.95. The van der Waals surface area contributed by atoms with E-state index in [4.69, 9.17) is 9.47 Å². The van der Waals surface area contributed by atoms with Crippen LogP contribution in [-0.4, -0.2) is 29.7 Å². The number of hydrogen-bond acceptors (Lipinski definition) is 3. The van der Waals surface area contributed by atoms with E-state index in [0.29, 0.717) is 13.2 Å². The van der Waals surface area contributed by atoms with Gasteiger partial charge in [0.1, 0.15) is 11.5 Å². The maximum absolute atomic E-state index is 5.83. The molecule has 2 aromatic rings. The second-order valence-electron chi connectivity index (χ2n) is 6.15. The van der Waals surface area contributed by atoms with Gasteiger partial charge >= 0.3 is 0 Å². The third-order valence-corrected chi connectivity index (χ3v) is 4.57. The van der Waals surface area contributed by atoms with Crippen LogP contribution in [0.2, 0.25) is 0 Å². The van der Waals surface area contributed by atoms with Gasteiger partial charge < -0.3 is 19.8 Å². The standard InChI is InChI=1S/C19H27N3O2/c1-5-17-21-12(4)18(22-17)19-14-11-16(24-7-3)15(23-6-2)10-13(14)8-9-20-19/h10-11,19-20H,5-9H2,1-4H3,(H,21,22)/p+1/t19-/m0/s1. The zero-order valence-electron chi connectivity index (χ0n) is 15.1. The molecule has 3 N–H and O–H groups in total. The molecule has 0 amide bonds. The molecule has 0 unspecified atom stereocenters. The number of quaternary nitrogens is 1. The maximum atomic E-state index is 5.83. The molecule has 0 fully saturated rings. The smallest absolute Gasteiger partial charge is 0.161 e. The first-order valence-electron chi connectivity index (χ1n) is 8.98. The van der Waals surface area contributed by atoms with Crippen molar-refractivity contribution in [3.63, 3.8) is 0 Å². The van der Waals surface area contributed by atoms with Crippen LogP contribution in [-0.2, 0) is 12.8 Å². The lowest BCUT2D eigenvalue weighted by Gasteiger charge is -2.25. The first-order valence-corrected chi connectivity index (χ1v) is 8.98. The van der Waals surface area contributed by atoms with Crippen molar-refractivity contribution >= 4 is 0 Å². The van der Waals surface area contributed by atoms with Gasteiger partial charge in [-0.2, -0.15) is 0 Å². The fourth-order valence-corrected chi connectivity index (χ4v) is 3.47. The van der Waals surface area contributed by atoms with Crippen molar-refractivity contribution in [2.24, 2.45) is 0 Å². The van der Waals surface area contributed by atoms with Crippen LogP contribution in [0.15, 0.2) is 12.1 Å². The summed E-state index contributed by atoms with van der Waals surface area (Å²) in [5.74, 6) is 2.75. The number of benzene rings is 1. The molecule has 0 saturated carbocycles. The number of hydrogen-bond donors (Lipinski definition) is 2. The topological polar surface area (TPSA) is 63.8 Å². The maximum Gasteiger partial charge on any atom is 0.161 e. The van der Waals surface area contributed by atoms with Crippen LogP contribution in [0, 0.1) is 6.92 Å². The van der Waals surface area contributed by atoms with Crippen molar-refractivity contribution in [3.05, 3.63) is 40.5 Å². The van der Waals surface area contributed by atoms with E-state index < -0.39 is 0 Å². The van der Waals surface area contributed by atoms with Crippen molar-refractivity contribution in [1.82, 2.24) is 9.97 Å². The van der Waals surface area contributed by atoms with Crippen LogP contribution in [0.5, 0.6) is 11.5 Å². The zero-order chi connectivity index (χ0) is 17.1. The largest absolute Gasteiger partial charge is 0.490 e. The van der Waals surface area contributed by atoms with Gasteiger partial charge in [0.15, 0.2) is 17.5 Å². The van der Waals surface area contributed by atoms with Gasteiger partial charge in [0.05, 0.1) is 25.5 Å². The minimum absolute atomic E-state index is 0.247. The second kappa shape index (κ2) is 7.26. The molecule has 0 bridgehead atoms. The molecule has 1 aliphatic heterocycles. The molecular formula is C19H28N3O2+. The van der Waals surface area contributed by atoms with E-state index >= 15 is 0 Å². The summed E-state index contributed by atoms with van der Waals surface area (Å²) in [4.78, 5) is 8.17. The summed E-state index contributed by atoms with van der Waals surface area (Å²) >= 11 is 0. The summed E-state index contributed by atoms with van der Waals surface area (Å²) in [6, 6.07) is 4.57. The SMILES string of the molecule is CCOc1cc2c(cc1OCC)[C@@H](c1[nH]c(CC)nc1C)[NH2+]CC2. The molecule has 1 aromatic heterocycles. The number of ether oxygens (including phenoxy) is 2. The van der Waals surface area contributed by atoms with E-state index in [1.807, 2.05) is 13.8 Å². The Balaban J connectivity index is 2.05. The lowest BCUT2D eigenvalue weighted by atomic mass is 9.91. The zero-order valence-corrected chi connectivity index (χ0v) is 15.1. The van der Waals surface area contributed by atoms with Crippen LogP contribution in [0.3, 0.4) is 0 Å². The van der Waals surface area contributed by atoms with Gasteiger partial charge in [0.2, 0.25) is 0 Å². The fraction of sp³-hybridized carbons (Fsp3) is 0.526. The van der Waals surface area contributed by atoms with E-state index in [0.717, 1.165) is 42.4 Å². The van der Waals surface area contributed by atoms with Crippen LogP contribution in [0.1, 0.15) is 55.2 Å². The lowest BCUT2D eigenvalue weighted by molar-refractivity contribution is -0.690. The Labute approximate surface area is 143 Å². The molecule has 0 spiro atoms. The Morgan fingerprint density at radius 2 is 1.88 bits per heavy atom. The summed E-state index contributed by atoms with van der Waals surface area (Å²) < 4.78 is 11.6. The number of nitrogens with one attached hydrogen (secondary N) is 1. The summed E-state index contributed by atoms with van der Waals surface area (Å²) in [6.45, 7) is 10.6. The molecule has 1 atom stereocenters. The summed E-state index contributed by atoms with van der Waals surface area (Å²) in [7, 11) is 0. The molecule has 3 rings (SSSR count). The third kappa shape index (κ3) is 3.13. The Morgan fingerprint density at radius 1 is 1.17 bits per heavy atom. The average molecular weight is 330 g/mol. The number of aromatic nitrogens is 2. The van der Waals surface area contributed by atoms with E-state index in [9.17, 15) is 0 Å². The number of aromatic amines is 1. The predicted molar refractivity (Wildman–Crippen MR) is 93.8 cm³/mol. The number of rotatable bonds is 6. The van der Waals surface area contributed by atoms with Gasteiger partial charge in [-0.15, -0.1) is 0 Å². The predicted octanol–water partition coefficient (Wildman–Crippen LogP) is 2.29. The lowest BCUT2D eigenvalue weighted by Crippen LogP contribution is -2.87. The number of fused-ring (bicyclic) bond motifs is 1. The molecule has 130 valence electrons. The molecule has 0 radical (unpaired) electrons. The van der Waals surface area contributed by atoms with Gasteiger partial charge in [0, 0.05) is 18.4 Å². The van der Waals surface area contributed by atoms with Crippen LogP contribution in [0.4, 0.5) is 0 Å². The highest BCUT2D eigenvalue weighted by atomic mass is 16.5. The van der Waals surface area contributed by atoms with E-state index in [1.54, 1.807) is 0 Å². The molecular weight excluding hydrogens is 302 g/mol. The molecule has 1 aromatic carbocycles. The van der Waals surface area contributed by atoms with E-state index in [-0.39, 0.29) is 6.04 Å². The number of H-pyrrole nitrogens is 1. The quantitative estimate of drug-likeness (QED) is 0.854. The van der Waals surface area contributed by atoms with Gasteiger partial charge in [-0.1, -0.05) is 6.92 Å². The van der Waals surface area contributed by atoms with Crippen LogP contribution >= 0.6 is 0 Å². The van der Waals surface area contributed by atoms with Crippen molar-refractivity contribution in [1.29, 1.82) is 0 Å². The van der Waals surface area contributed by atoms with Gasteiger partial charge in [-0.25, -0.2) is 4.98 Å². The molecule has 0 saturated heterocycles. The van der Waals surface area contributed by atoms with E-state index in [1.165, 1.54) is 16.8 Å². The highest BCUT2D eigenvalue weighted by Crippen LogP contribution is 2.36. The van der Waals surface area contributed by atoms with Crippen molar-refractivity contribution < 1.29 is 14.8 Å². The minimum Gasteiger partial charge on any atom is -0.490 e. The van der Waals surface area contributed by atoms with Crippen molar-refractivity contribution in [3.8, 4) is 11.5 Å². The first-order chi connectivity index (χ1) is 11.7. The Kier molecular flexibility index (Phi) is 5.09. The van der Waals surface area contributed by atoms with Crippen molar-refractivity contribution in [2.45, 2.75) is 46.6 Å². The number of aryl methyl sites for hydroxylation is 2. The number of nitrogens with two attached hydrogens (primary N) is 1. The first kappa shape index (κ1) is 16.8. The third-order valence-electron chi connectivity index (χ3n) is 4.57. The normalized spacial score (nSPS) is 16.8. The molecule has 0 aliphatic carbocycles. The Bertz CT molecular complexity index is 709. The number of nitrogens with zero attached hydrogens (tertiary/aromatic N) is 1. The molecule has 24 heavy (non-hydrogen) atoms. The second-order valence-corrected chi connectivity index (χ2v) is 6.15. The fourth-order valence-electron chi connectivity index (χ4n) is 3.47. The number of imidazole rings is 1. The Hall–Kier alpha value is -2.01.